The van der Waals surface area contributed by atoms with Gasteiger partial charge in [-0.1, -0.05) is 45.4 Å². The van der Waals surface area contributed by atoms with Crippen LogP contribution in [0.25, 0.3) is 0 Å². The van der Waals surface area contributed by atoms with Gasteiger partial charge in [0.05, 0.1) is 12.2 Å². The van der Waals surface area contributed by atoms with Gasteiger partial charge in [-0.2, -0.15) is 0 Å². The summed E-state index contributed by atoms with van der Waals surface area (Å²) in [5.74, 6) is 0. The molecule has 0 amide bonds. The molecule has 0 saturated heterocycles. The van der Waals surface area contributed by atoms with Crippen LogP contribution in [0.2, 0.25) is 0 Å². The molecule has 0 aliphatic carbocycles. The molecule has 0 aliphatic rings. The maximum atomic E-state index is 9.28. The lowest BCUT2D eigenvalue weighted by atomic mass is 10.0. The van der Waals surface area contributed by atoms with Crippen LogP contribution in [0.3, 0.4) is 0 Å². The van der Waals surface area contributed by atoms with Crippen LogP contribution in [0.1, 0.15) is 58.8 Å². The Bertz CT molecular complexity index is 102. The molecule has 0 bridgehead atoms. The maximum Gasteiger partial charge on any atom is 0.0796 e. The molecule has 2 heteroatoms. The highest BCUT2D eigenvalue weighted by atomic mass is 16.3. The monoisotopic (exact) mass is 188 g/mol. The number of aliphatic hydroxyl groups excluding tert-OH is 2. The van der Waals surface area contributed by atoms with Gasteiger partial charge in [0.15, 0.2) is 0 Å². The molecular weight excluding hydrogens is 164 g/mol. The van der Waals surface area contributed by atoms with Crippen molar-refractivity contribution in [3.8, 4) is 0 Å². The Balaban J connectivity index is 3.07. The molecule has 0 aromatic rings. The van der Waals surface area contributed by atoms with Crippen molar-refractivity contribution < 1.29 is 10.2 Å². The van der Waals surface area contributed by atoms with Crippen LogP contribution >= 0.6 is 0 Å². The molecule has 0 saturated carbocycles. The van der Waals surface area contributed by atoms with Crippen LogP contribution in [0.15, 0.2) is 0 Å². The molecule has 2 nitrogen and oxygen atoms in total. The van der Waals surface area contributed by atoms with Gasteiger partial charge in [0.1, 0.15) is 0 Å². The Kier molecular flexibility index (Phi) is 8.46. The van der Waals surface area contributed by atoms with Crippen molar-refractivity contribution in [3.63, 3.8) is 0 Å². The minimum absolute atomic E-state index is 0.522. The molecule has 0 fully saturated rings. The smallest absolute Gasteiger partial charge is 0.0796 e. The van der Waals surface area contributed by atoms with Crippen molar-refractivity contribution >= 4 is 0 Å². The van der Waals surface area contributed by atoms with Crippen LogP contribution in [0, 0.1) is 0 Å². The topological polar surface area (TPSA) is 40.5 Å². The first kappa shape index (κ1) is 12.9. The van der Waals surface area contributed by atoms with E-state index in [1.165, 1.54) is 32.1 Å². The summed E-state index contributed by atoms with van der Waals surface area (Å²) in [6.45, 7) is 3.85. The van der Waals surface area contributed by atoms with Crippen molar-refractivity contribution in [2.45, 2.75) is 71.0 Å². The molecule has 0 heterocycles. The van der Waals surface area contributed by atoms with Gasteiger partial charge in [0.2, 0.25) is 0 Å². The summed E-state index contributed by atoms with van der Waals surface area (Å²) in [6.07, 6.45) is 7.03. The van der Waals surface area contributed by atoms with Gasteiger partial charge in [-0.25, -0.2) is 0 Å². The number of rotatable bonds is 8. The third-order valence-corrected chi connectivity index (χ3v) is 2.41. The van der Waals surface area contributed by atoms with E-state index in [-0.39, 0.29) is 0 Å². The molecule has 2 atom stereocenters. The number of hydrogen-bond acceptors (Lipinski definition) is 2. The first-order chi connectivity index (χ1) is 6.18. The Hall–Kier alpha value is -0.0800. The third-order valence-electron chi connectivity index (χ3n) is 2.41. The highest BCUT2D eigenvalue weighted by molar-refractivity contribution is 4.61. The first-order valence-electron chi connectivity index (χ1n) is 5.54. The lowest BCUT2D eigenvalue weighted by Gasteiger charge is -2.12. The molecule has 13 heavy (non-hydrogen) atoms. The molecule has 0 radical (unpaired) electrons. The summed E-state index contributed by atoms with van der Waals surface area (Å²) < 4.78 is 0. The largest absolute Gasteiger partial charge is 0.391 e. The van der Waals surface area contributed by atoms with Gasteiger partial charge in [-0.15, -0.1) is 0 Å². The summed E-state index contributed by atoms with van der Waals surface area (Å²) >= 11 is 0. The molecule has 80 valence electrons. The van der Waals surface area contributed by atoms with Crippen LogP contribution in [-0.2, 0) is 0 Å². The van der Waals surface area contributed by atoms with E-state index < -0.39 is 12.2 Å². The van der Waals surface area contributed by atoms with Crippen LogP contribution in [-0.4, -0.2) is 22.4 Å². The maximum absolute atomic E-state index is 9.28. The first-order valence-corrected chi connectivity index (χ1v) is 5.54. The quantitative estimate of drug-likeness (QED) is 0.574. The summed E-state index contributed by atoms with van der Waals surface area (Å²) in [4.78, 5) is 0. The van der Waals surface area contributed by atoms with Crippen molar-refractivity contribution in [3.05, 3.63) is 0 Å². The van der Waals surface area contributed by atoms with Crippen LogP contribution < -0.4 is 0 Å². The van der Waals surface area contributed by atoms with Gasteiger partial charge in [-0.3, -0.25) is 0 Å². The number of aliphatic hydroxyl groups is 2. The minimum atomic E-state index is -0.573. The standard InChI is InChI=1S/C11H24O2/c1-3-4-5-6-7-8-9-11(13)10(2)12/h10-13H,3-9H2,1-2H3/t10-,11+/m0/s1. The second-order valence-corrected chi connectivity index (χ2v) is 3.86. The number of unbranched alkanes of at least 4 members (excludes halogenated alkanes) is 5. The predicted molar refractivity (Wildman–Crippen MR) is 55.7 cm³/mol. The zero-order valence-electron chi connectivity index (χ0n) is 9.00. The second kappa shape index (κ2) is 8.52. The Labute approximate surface area is 82.0 Å². The molecule has 0 aliphatic heterocycles. The average molecular weight is 188 g/mol. The van der Waals surface area contributed by atoms with Gasteiger partial charge in [0, 0.05) is 0 Å². The van der Waals surface area contributed by atoms with E-state index >= 15 is 0 Å². The Morgan fingerprint density at radius 2 is 1.46 bits per heavy atom. The fourth-order valence-electron chi connectivity index (χ4n) is 1.38. The van der Waals surface area contributed by atoms with E-state index in [4.69, 9.17) is 5.11 Å². The van der Waals surface area contributed by atoms with Crippen LogP contribution in [0.5, 0.6) is 0 Å². The zero-order chi connectivity index (χ0) is 10.1. The summed E-state index contributed by atoms with van der Waals surface area (Å²) in [5, 5.41) is 18.3. The summed E-state index contributed by atoms with van der Waals surface area (Å²) in [5.41, 5.74) is 0. The van der Waals surface area contributed by atoms with Gasteiger partial charge < -0.3 is 10.2 Å². The van der Waals surface area contributed by atoms with Crippen LogP contribution in [0.4, 0.5) is 0 Å². The van der Waals surface area contributed by atoms with Crippen molar-refractivity contribution in [1.82, 2.24) is 0 Å². The van der Waals surface area contributed by atoms with E-state index in [1.54, 1.807) is 6.92 Å². The minimum Gasteiger partial charge on any atom is -0.391 e. The Morgan fingerprint density at radius 1 is 0.923 bits per heavy atom. The fourth-order valence-corrected chi connectivity index (χ4v) is 1.38. The van der Waals surface area contributed by atoms with E-state index in [9.17, 15) is 5.11 Å². The predicted octanol–water partition coefficient (Wildman–Crippen LogP) is 2.48. The van der Waals surface area contributed by atoms with Crippen molar-refractivity contribution in [1.29, 1.82) is 0 Å². The molecule has 0 unspecified atom stereocenters. The zero-order valence-corrected chi connectivity index (χ0v) is 9.00. The van der Waals surface area contributed by atoms with Gasteiger partial charge in [0.25, 0.3) is 0 Å². The lowest BCUT2D eigenvalue weighted by Crippen LogP contribution is -2.21. The highest BCUT2D eigenvalue weighted by Gasteiger charge is 2.09. The second-order valence-electron chi connectivity index (χ2n) is 3.86. The average Bonchev–Trinajstić information content (AvgIpc) is 2.10. The van der Waals surface area contributed by atoms with E-state index in [1.807, 2.05) is 0 Å². The SMILES string of the molecule is CCCCCCCC[C@@H](O)[C@H](C)O. The van der Waals surface area contributed by atoms with Crippen molar-refractivity contribution in [2.75, 3.05) is 0 Å². The molecular formula is C11H24O2. The lowest BCUT2D eigenvalue weighted by molar-refractivity contribution is 0.0247. The van der Waals surface area contributed by atoms with E-state index in [2.05, 4.69) is 6.92 Å². The molecule has 2 N–H and O–H groups in total. The normalized spacial score (nSPS) is 15.7. The van der Waals surface area contributed by atoms with Gasteiger partial charge >= 0.3 is 0 Å². The molecule has 0 aromatic carbocycles. The molecule has 0 rings (SSSR count). The third kappa shape index (κ3) is 8.26. The molecule has 0 spiro atoms. The molecule has 0 aromatic heterocycles. The highest BCUT2D eigenvalue weighted by Crippen LogP contribution is 2.09. The van der Waals surface area contributed by atoms with Gasteiger partial charge in [-0.05, 0) is 13.3 Å². The number of hydrogen-bond donors (Lipinski definition) is 2. The van der Waals surface area contributed by atoms with Crippen molar-refractivity contribution in [2.24, 2.45) is 0 Å². The Morgan fingerprint density at radius 3 is 2.00 bits per heavy atom. The van der Waals surface area contributed by atoms with E-state index in [0.717, 1.165) is 12.8 Å². The van der Waals surface area contributed by atoms with E-state index in [0.29, 0.717) is 0 Å². The summed E-state index contributed by atoms with van der Waals surface area (Å²) in [6, 6.07) is 0. The summed E-state index contributed by atoms with van der Waals surface area (Å²) in [7, 11) is 0. The fraction of sp³-hybridized carbons (Fsp3) is 1.00.